The number of nitrogens with one attached hydrogen (secondary N) is 2. The van der Waals surface area contributed by atoms with E-state index >= 15 is 0 Å². The maximum Gasteiger partial charge on any atom is 0.233 e. The summed E-state index contributed by atoms with van der Waals surface area (Å²) in [6.07, 6.45) is 2.54. The van der Waals surface area contributed by atoms with Crippen LogP contribution < -0.4 is 16.4 Å². The summed E-state index contributed by atoms with van der Waals surface area (Å²) in [6.45, 7) is 5.79. The van der Waals surface area contributed by atoms with Gasteiger partial charge in [-0.15, -0.1) is 6.58 Å². The fraction of sp³-hybridized carbons (Fsp3) is 0.625. The molecule has 0 aliphatic rings. The third-order valence-electron chi connectivity index (χ3n) is 1.28. The van der Waals surface area contributed by atoms with Gasteiger partial charge in [-0.05, 0) is 13.0 Å². The molecule has 0 aromatic carbocycles. The number of carbonyl (C=O) groups is 1. The van der Waals surface area contributed by atoms with Crippen LogP contribution in [0.2, 0.25) is 0 Å². The lowest BCUT2D eigenvalue weighted by molar-refractivity contribution is -0.120. The molecule has 0 aromatic rings. The van der Waals surface area contributed by atoms with E-state index in [1.165, 1.54) is 0 Å². The highest BCUT2D eigenvalue weighted by molar-refractivity contribution is 5.77. The quantitative estimate of drug-likeness (QED) is 0.348. The van der Waals surface area contributed by atoms with Crippen molar-refractivity contribution in [2.75, 3.05) is 26.2 Å². The Morgan fingerprint density at radius 3 is 2.92 bits per heavy atom. The fourth-order valence-corrected chi connectivity index (χ4v) is 0.680. The molecule has 0 aliphatic carbocycles. The lowest BCUT2D eigenvalue weighted by atomic mass is 10.4. The lowest BCUT2D eigenvalue weighted by Gasteiger charge is -2.03. The summed E-state index contributed by atoms with van der Waals surface area (Å²) in [7, 11) is 0. The van der Waals surface area contributed by atoms with Crippen molar-refractivity contribution in [1.29, 1.82) is 0 Å². The number of carbonyl (C=O) groups excluding carboxylic acids is 1. The van der Waals surface area contributed by atoms with Crippen LogP contribution in [0.1, 0.15) is 6.42 Å². The summed E-state index contributed by atoms with van der Waals surface area (Å²) >= 11 is 0. The van der Waals surface area contributed by atoms with Gasteiger partial charge in [0.1, 0.15) is 0 Å². The first-order valence-corrected chi connectivity index (χ1v) is 4.09. The van der Waals surface area contributed by atoms with Crippen LogP contribution >= 0.6 is 0 Å². The van der Waals surface area contributed by atoms with Gasteiger partial charge < -0.3 is 16.4 Å². The second-order valence-corrected chi connectivity index (χ2v) is 2.41. The van der Waals surface area contributed by atoms with Crippen LogP contribution in [0.15, 0.2) is 12.7 Å². The monoisotopic (exact) mass is 171 g/mol. The molecule has 0 saturated carbocycles. The van der Waals surface area contributed by atoms with E-state index < -0.39 is 0 Å². The van der Waals surface area contributed by atoms with Crippen molar-refractivity contribution in [1.82, 2.24) is 10.6 Å². The molecule has 1 amide bonds. The van der Waals surface area contributed by atoms with Gasteiger partial charge in [0.25, 0.3) is 0 Å². The van der Waals surface area contributed by atoms with E-state index in [4.69, 9.17) is 5.73 Å². The molecule has 12 heavy (non-hydrogen) atoms. The first-order chi connectivity index (χ1) is 5.81. The maximum atomic E-state index is 10.9. The Hall–Kier alpha value is -0.870. The molecule has 4 heteroatoms. The minimum Gasteiger partial charge on any atom is -0.355 e. The zero-order valence-electron chi connectivity index (χ0n) is 7.31. The number of rotatable bonds is 7. The molecule has 0 unspecified atom stereocenters. The summed E-state index contributed by atoms with van der Waals surface area (Å²) in [6, 6.07) is 0. The Labute approximate surface area is 73.2 Å². The largest absolute Gasteiger partial charge is 0.355 e. The highest BCUT2D eigenvalue weighted by Gasteiger charge is 1.96. The average molecular weight is 171 g/mol. The van der Waals surface area contributed by atoms with Crippen molar-refractivity contribution in [3.05, 3.63) is 12.7 Å². The zero-order chi connectivity index (χ0) is 9.23. The second-order valence-electron chi connectivity index (χ2n) is 2.41. The van der Waals surface area contributed by atoms with E-state index in [9.17, 15) is 4.79 Å². The lowest BCUT2D eigenvalue weighted by Crippen LogP contribution is -2.34. The van der Waals surface area contributed by atoms with Crippen molar-refractivity contribution < 1.29 is 4.79 Å². The Bertz CT molecular complexity index is 136. The van der Waals surface area contributed by atoms with Gasteiger partial charge in [-0.25, -0.2) is 0 Å². The standard InChI is InChI=1S/C8H17N3O/c1-2-5-10-7-8(12)11-6-3-4-9/h2,10H,1,3-7,9H2,(H,11,12). The Kier molecular flexibility index (Phi) is 7.63. The molecule has 0 heterocycles. The zero-order valence-corrected chi connectivity index (χ0v) is 7.31. The van der Waals surface area contributed by atoms with Crippen molar-refractivity contribution in [3.63, 3.8) is 0 Å². The van der Waals surface area contributed by atoms with Gasteiger partial charge in [-0.2, -0.15) is 0 Å². The molecule has 0 aliphatic heterocycles. The van der Waals surface area contributed by atoms with E-state index in [1.54, 1.807) is 6.08 Å². The molecule has 0 saturated heterocycles. The minimum atomic E-state index is 0.00491. The van der Waals surface area contributed by atoms with E-state index in [2.05, 4.69) is 17.2 Å². The molecular weight excluding hydrogens is 154 g/mol. The number of hydrogen-bond acceptors (Lipinski definition) is 3. The van der Waals surface area contributed by atoms with Gasteiger partial charge >= 0.3 is 0 Å². The predicted octanol–water partition coefficient (Wildman–Crippen LogP) is -0.773. The number of nitrogens with two attached hydrogens (primary N) is 1. The third kappa shape index (κ3) is 7.24. The maximum absolute atomic E-state index is 10.9. The molecule has 0 aromatic heterocycles. The van der Waals surface area contributed by atoms with Crippen molar-refractivity contribution >= 4 is 5.91 Å². The van der Waals surface area contributed by atoms with Crippen LogP contribution in [0, 0.1) is 0 Å². The van der Waals surface area contributed by atoms with Crippen LogP contribution in [-0.2, 0) is 4.79 Å². The number of amides is 1. The Balaban J connectivity index is 3.15. The molecule has 70 valence electrons. The third-order valence-corrected chi connectivity index (χ3v) is 1.28. The van der Waals surface area contributed by atoms with Crippen molar-refractivity contribution in [3.8, 4) is 0 Å². The van der Waals surface area contributed by atoms with Crippen molar-refractivity contribution in [2.24, 2.45) is 5.73 Å². The Morgan fingerprint density at radius 1 is 1.58 bits per heavy atom. The average Bonchev–Trinajstić information content (AvgIpc) is 2.06. The highest BCUT2D eigenvalue weighted by Crippen LogP contribution is 1.70. The second kappa shape index (κ2) is 8.23. The molecule has 0 radical (unpaired) electrons. The van der Waals surface area contributed by atoms with E-state index in [0.29, 0.717) is 26.2 Å². The summed E-state index contributed by atoms with van der Waals surface area (Å²) in [4.78, 5) is 10.9. The minimum absolute atomic E-state index is 0.00491. The van der Waals surface area contributed by atoms with Crippen LogP contribution in [0.4, 0.5) is 0 Å². The molecular formula is C8H17N3O. The van der Waals surface area contributed by atoms with Crippen LogP contribution in [0.25, 0.3) is 0 Å². The molecule has 4 nitrogen and oxygen atoms in total. The first kappa shape index (κ1) is 11.1. The normalized spacial score (nSPS) is 9.42. The van der Waals surface area contributed by atoms with Crippen LogP contribution in [0.5, 0.6) is 0 Å². The summed E-state index contributed by atoms with van der Waals surface area (Å²) in [5.41, 5.74) is 5.26. The van der Waals surface area contributed by atoms with Gasteiger partial charge in [0.05, 0.1) is 6.54 Å². The fourth-order valence-electron chi connectivity index (χ4n) is 0.680. The molecule has 0 rings (SSSR count). The first-order valence-electron chi connectivity index (χ1n) is 4.09. The van der Waals surface area contributed by atoms with Gasteiger partial charge in [-0.3, -0.25) is 4.79 Å². The summed E-state index contributed by atoms with van der Waals surface area (Å²) in [5, 5.41) is 5.63. The van der Waals surface area contributed by atoms with Gasteiger partial charge in [-0.1, -0.05) is 6.08 Å². The van der Waals surface area contributed by atoms with Gasteiger partial charge in [0.2, 0.25) is 5.91 Å². The van der Waals surface area contributed by atoms with E-state index in [-0.39, 0.29) is 5.91 Å². The van der Waals surface area contributed by atoms with Gasteiger partial charge in [0.15, 0.2) is 0 Å². The van der Waals surface area contributed by atoms with Gasteiger partial charge in [0, 0.05) is 13.1 Å². The molecule has 0 bridgehead atoms. The molecule has 4 N–H and O–H groups in total. The van der Waals surface area contributed by atoms with E-state index in [0.717, 1.165) is 6.42 Å². The van der Waals surface area contributed by atoms with Crippen LogP contribution in [0.3, 0.4) is 0 Å². The smallest absolute Gasteiger partial charge is 0.233 e. The predicted molar refractivity (Wildman–Crippen MR) is 49.7 cm³/mol. The molecule has 0 spiro atoms. The highest BCUT2D eigenvalue weighted by atomic mass is 16.1. The van der Waals surface area contributed by atoms with E-state index in [1.807, 2.05) is 0 Å². The number of hydrogen-bond donors (Lipinski definition) is 3. The summed E-state index contributed by atoms with van der Waals surface area (Å²) in [5.74, 6) is 0.00491. The Morgan fingerprint density at radius 2 is 2.33 bits per heavy atom. The van der Waals surface area contributed by atoms with Crippen molar-refractivity contribution in [2.45, 2.75) is 6.42 Å². The molecule has 0 fully saturated rings. The summed E-state index contributed by atoms with van der Waals surface area (Å²) < 4.78 is 0. The molecule has 0 atom stereocenters. The van der Waals surface area contributed by atoms with Crippen LogP contribution in [-0.4, -0.2) is 32.1 Å². The SMILES string of the molecule is C=CCNCC(=O)NCCCN. The topological polar surface area (TPSA) is 67.2 Å².